The first-order valence-electron chi connectivity index (χ1n) is 6.13. The zero-order valence-corrected chi connectivity index (χ0v) is 12.7. The van der Waals surface area contributed by atoms with Crippen molar-refractivity contribution >= 4 is 10.0 Å². The van der Waals surface area contributed by atoms with Crippen molar-refractivity contribution in [2.75, 3.05) is 27.2 Å². The van der Waals surface area contributed by atoms with E-state index >= 15 is 0 Å². The summed E-state index contributed by atoms with van der Waals surface area (Å²) < 4.78 is 32.2. The van der Waals surface area contributed by atoms with E-state index < -0.39 is 10.0 Å². The number of rotatable bonds is 7. The van der Waals surface area contributed by atoms with Gasteiger partial charge in [0.25, 0.3) is 0 Å². The first-order chi connectivity index (χ1) is 8.79. The second kappa shape index (κ2) is 6.51. The van der Waals surface area contributed by atoms with Crippen LogP contribution in [0.25, 0.3) is 0 Å². The first kappa shape index (κ1) is 16.2. The van der Waals surface area contributed by atoms with Crippen LogP contribution >= 0.6 is 0 Å². The number of sulfonamides is 1. The smallest absolute Gasteiger partial charge is 0.244 e. The molecule has 0 saturated carbocycles. The van der Waals surface area contributed by atoms with Crippen LogP contribution in [0.2, 0.25) is 0 Å². The Balaban J connectivity index is 2.83. The van der Waals surface area contributed by atoms with Crippen LogP contribution < -0.4 is 4.72 Å². The molecular formula is C12H22N2O4S. The normalized spacial score (nSPS) is 12.3. The molecule has 0 aromatic carbocycles. The van der Waals surface area contributed by atoms with Crippen molar-refractivity contribution in [1.29, 1.82) is 0 Å². The van der Waals surface area contributed by atoms with Gasteiger partial charge in [-0.05, 0) is 40.9 Å². The number of aliphatic hydroxyl groups excluding tert-OH is 1. The van der Waals surface area contributed by atoms with Gasteiger partial charge in [0.05, 0.1) is 6.61 Å². The van der Waals surface area contributed by atoms with E-state index in [0.717, 1.165) is 13.0 Å². The zero-order valence-electron chi connectivity index (χ0n) is 11.9. The van der Waals surface area contributed by atoms with E-state index in [4.69, 9.17) is 4.42 Å². The number of hydrogen-bond acceptors (Lipinski definition) is 5. The molecule has 2 N–H and O–H groups in total. The molecule has 0 spiro atoms. The molecule has 0 fully saturated rings. The number of hydrogen-bond donors (Lipinski definition) is 2. The van der Waals surface area contributed by atoms with Crippen LogP contribution in [0.4, 0.5) is 0 Å². The highest BCUT2D eigenvalue weighted by atomic mass is 32.2. The van der Waals surface area contributed by atoms with Gasteiger partial charge >= 0.3 is 0 Å². The topological polar surface area (TPSA) is 82.8 Å². The maximum Gasteiger partial charge on any atom is 0.244 e. The molecule has 1 rings (SSSR count). The van der Waals surface area contributed by atoms with Crippen LogP contribution in [-0.2, 0) is 16.6 Å². The van der Waals surface area contributed by atoms with Gasteiger partial charge in [-0.15, -0.1) is 0 Å². The Kier molecular flexibility index (Phi) is 5.54. The lowest BCUT2D eigenvalue weighted by atomic mass is 10.2. The Morgan fingerprint density at radius 2 is 1.89 bits per heavy atom. The maximum atomic E-state index is 12.2. The molecule has 0 amide bonds. The van der Waals surface area contributed by atoms with E-state index in [9.17, 15) is 13.5 Å². The Hall–Kier alpha value is -0.890. The van der Waals surface area contributed by atoms with Crippen LogP contribution in [-0.4, -0.2) is 45.6 Å². The molecule has 110 valence electrons. The predicted octanol–water partition coefficient (Wildman–Crippen LogP) is 0.619. The standard InChI is InChI=1S/C12H22N2O4S/c1-9-11(8-15)12(10(2)18-9)19(16,17)13-6-5-7-14(3)4/h13,15H,5-8H2,1-4H3. The van der Waals surface area contributed by atoms with Gasteiger partial charge in [-0.2, -0.15) is 0 Å². The minimum absolute atomic E-state index is 0.0670. The highest BCUT2D eigenvalue weighted by Crippen LogP contribution is 2.26. The quantitative estimate of drug-likeness (QED) is 0.719. The van der Waals surface area contributed by atoms with Crippen molar-refractivity contribution in [3.63, 3.8) is 0 Å². The minimum Gasteiger partial charge on any atom is -0.465 e. The number of furan rings is 1. The summed E-state index contributed by atoms with van der Waals surface area (Å²) in [6.07, 6.45) is 0.719. The fourth-order valence-electron chi connectivity index (χ4n) is 1.92. The lowest BCUT2D eigenvalue weighted by molar-refractivity contribution is 0.276. The Morgan fingerprint density at radius 1 is 1.26 bits per heavy atom. The number of aliphatic hydroxyl groups is 1. The highest BCUT2D eigenvalue weighted by Gasteiger charge is 2.25. The van der Waals surface area contributed by atoms with Gasteiger partial charge < -0.3 is 14.4 Å². The predicted molar refractivity (Wildman–Crippen MR) is 72.5 cm³/mol. The van der Waals surface area contributed by atoms with Gasteiger partial charge in [0.15, 0.2) is 0 Å². The molecule has 0 aliphatic carbocycles. The summed E-state index contributed by atoms with van der Waals surface area (Å²) in [7, 11) is 0.232. The average Bonchev–Trinajstić information content (AvgIpc) is 2.59. The third-order valence-corrected chi connectivity index (χ3v) is 4.48. The van der Waals surface area contributed by atoms with Crippen LogP contribution in [0.3, 0.4) is 0 Å². The lowest BCUT2D eigenvalue weighted by Crippen LogP contribution is -2.28. The van der Waals surface area contributed by atoms with E-state index in [1.807, 2.05) is 19.0 Å². The second-order valence-corrected chi connectivity index (χ2v) is 6.44. The molecular weight excluding hydrogens is 268 g/mol. The largest absolute Gasteiger partial charge is 0.465 e. The maximum absolute atomic E-state index is 12.2. The summed E-state index contributed by atoms with van der Waals surface area (Å²) in [6, 6.07) is 0. The zero-order chi connectivity index (χ0) is 14.6. The van der Waals surface area contributed by atoms with Crippen molar-refractivity contribution in [1.82, 2.24) is 9.62 Å². The molecule has 1 aromatic heterocycles. The fraction of sp³-hybridized carbons (Fsp3) is 0.667. The van der Waals surface area contributed by atoms with E-state index in [0.29, 0.717) is 23.6 Å². The minimum atomic E-state index is -3.63. The molecule has 0 atom stereocenters. The van der Waals surface area contributed by atoms with Crippen LogP contribution in [0.1, 0.15) is 23.5 Å². The van der Waals surface area contributed by atoms with Crippen molar-refractivity contribution in [2.45, 2.75) is 31.8 Å². The van der Waals surface area contributed by atoms with Gasteiger partial charge in [0, 0.05) is 12.1 Å². The van der Waals surface area contributed by atoms with Crippen molar-refractivity contribution in [3.8, 4) is 0 Å². The van der Waals surface area contributed by atoms with E-state index in [1.165, 1.54) is 0 Å². The molecule has 0 bridgehead atoms. The molecule has 0 radical (unpaired) electrons. The van der Waals surface area contributed by atoms with Gasteiger partial charge in [0.1, 0.15) is 16.4 Å². The Morgan fingerprint density at radius 3 is 2.42 bits per heavy atom. The summed E-state index contributed by atoms with van der Waals surface area (Å²) in [4.78, 5) is 2.05. The second-order valence-electron chi connectivity index (χ2n) is 4.73. The van der Waals surface area contributed by atoms with E-state index in [1.54, 1.807) is 13.8 Å². The third kappa shape index (κ3) is 4.04. The van der Waals surface area contributed by atoms with Crippen molar-refractivity contribution in [3.05, 3.63) is 17.1 Å². The molecule has 0 aliphatic rings. The Labute approximate surface area is 114 Å². The average molecular weight is 290 g/mol. The number of nitrogens with zero attached hydrogens (tertiary/aromatic N) is 1. The number of aryl methyl sites for hydroxylation is 2. The van der Waals surface area contributed by atoms with Gasteiger partial charge in [-0.1, -0.05) is 0 Å². The summed E-state index contributed by atoms with van der Waals surface area (Å²) in [5.41, 5.74) is 0.331. The van der Waals surface area contributed by atoms with E-state index in [2.05, 4.69) is 4.72 Å². The van der Waals surface area contributed by atoms with Crippen LogP contribution in [0.15, 0.2) is 9.31 Å². The first-order valence-corrected chi connectivity index (χ1v) is 7.62. The van der Waals surface area contributed by atoms with Gasteiger partial charge in [-0.3, -0.25) is 0 Å². The molecule has 6 nitrogen and oxygen atoms in total. The fourth-order valence-corrected chi connectivity index (χ4v) is 3.43. The Bertz CT molecular complexity index is 520. The summed E-state index contributed by atoms with van der Waals surface area (Å²) >= 11 is 0. The van der Waals surface area contributed by atoms with Crippen LogP contribution in [0, 0.1) is 13.8 Å². The molecule has 1 aromatic rings. The molecule has 0 unspecified atom stereocenters. The monoisotopic (exact) mass is 290 g/mol. The lowest BCUT2D eigenvalue weighted by Gasteiger charge is -2.10. The highest BCUT2D eigenvalue weighted by molar-refractivity contribution is 7.89. The van der Waals surface area contributed by atoms with Gasteiger partial charge in [-0.25, -0.2) is 13.1 Å². The molecule has 1 heterocycles. The van der Waals surface area contributed by atoms with Gasteiger partial charge in [0.2, 0.25) is 10.0 Å². The third-order valence-electron chi connectivity index (χ3n) is 2.83. The van der Waals surface area contributed by atoms with Crippen molar-refractivity contribution in [2.24, 2.45) is 0 Å². The molecule has 0 saturated heterocycles. The molecule has 0 aliphatic heterocycles. The summed E-state index contributed by atoms with van der Waals surface area (Å²) in [5, 5.41) is 9.26. The summed E-state index contributed by atoms with van der Waals surface area (Å²) in [6.45, 7) is 4.04. The molecule has 7 heteroatoms. The number of nitrogens with one attached hydrogen (secondary N) is 1. The van der Waals surface area contributed by atoms with E-state index in [-0.39, 0.29) is 11.5 Å². The van der Waals surface area contributed by atoms with Crippen molar-refractivity contribution < 1.29 is 17.9 Å². The molecule has 19 heavy (non-hydrogen) atoms. The van der Waals surface area contributed by atoms with Crippen LogP contribution in [0.5, 0.6) is 0 Å². The summed E-state index contributed by atoms with van der Waals surface area (Å²) in [5.74, 6) is 0.746. The SMILES string of the molecule is Cc1oc(C)c(S(=O)(=O)NCCCN(C)C)c1CO.